The first kappa shape index (κ1) is 8.32. The van der Waals surface area contributed by atoms with Crippen LogP contribution in [0.4, 0.5) is 4.39 Å². The highest BCUT2D eigenvalue weighted by Gasteiger charge is 2.37. The Kier molecular flexibility index (Phi) is 2.11. The van der Waals surface area contributed by atoms with E-state index >= 15 is 0 Å². The van der Waals surface area contributed by atoms with Crippen LogP contribution < -0.4 is 5.73 Å². The van der Waals surface area contributed by atoms with Crippen molar-refractivity contribution in [3.8, 4) is 0 Å². The summed E-state index contributed by atoms with van der Waals surface area (Å²) in [4.78, 5) is 9.85. The average molecular weight is 137 g/mol. The van der Waals surface area contributed by atoms with Crippen molar-refractivity contribution in [2.75, 3.05) is 0 Å². The fraction of sp³-hybridized carbons (Fsp3) is 0.750. The third-order valence-corrected chi connectivity index (χ3v) is 0.949. The van der Waals surface area contributed by atoms with Gasteiger partial charge in [0.05, 0.1) is 0 Å². The molecule has 4 N–H and O–H groups in total. The van der Waals surface area contributed by atoms with Gasteiger partial charge in [-0.15, -0.1) is 0 Å². The first-order chi connectivity index (χ1) is 3.89. The second-order valence-corrected chi connectivity index (χ2v) is 1.75. The number of aliphatic carboxylic acids is 1. The van der Waals surface area contributed by atoms with Gasteiger partial charge in [-0.3, -0.25) is 5.73 Å². The Balaban J connectivity index is 4.19. The molecule has 0 aliphatic heterocycles. The van der Waals surface area contributed by atoms with E-state index in [2.05, 4.69) is 5.73 Å². The molecule has 0 heterocycles. The highest BCUT2D eigenvalue weighted by molar-refractivity contribution is 5.76. The Morgan fingerprint density at radius 3 is 2.22 bits per heavy atom. The third-order valence-electron chi connectivity index (χ3n) is 0.949. The van der Waals surface area contributed by atoms with Gasteiger partial charge in [-0.2, -0.15) is 0 Å². The molecule has 0 bridgehead atoms. The summed E-state index contributed by atoms with van der Waals surface area (Å²) in [5.41, 5.74) is 1.83. The molecule has 0 aliphatic carbocycles. The monoisotopic (exact) mass is 137 g/mol. The van der Waals surface area contributed by atoms with Crippen molar-refractivity contribution in [1.82, 2.24) is 0 Å². The van der Waals surface area contributed by atoms with E-state index in [1.54, 1.807) is 0 Å². The number of hydrogen-bond acceptors (Lipinski definition) is 3. The molecule has 0 radical (unpaired) electrons. The quantitative estimate of drug-likeness (QED) is 0.429. The highest BCUT2D eigenvalue weighted by atomic mass is 19.1. The van der Waals surface area contributed by atoms with Gasteiger partial charge in [0.25, 0.3) is 0 Å². The molecular formula is C4H8FNO3. The van der Waals surface area contributed by atoms with Crippen LogP contribution >= 0.6 is 0 Å². The summed E-state index contributed by atoms with van der Waals surface area (Å²) < 4.78 is 12.0. The van der Waals surface area contributed by atoms with E-state index in [0.717, 1.165) is 6.92 Å². The largest absolute Gasteiger partial charge is 0.478 e. The van der Waals surface area contributed by atoms with Gasteiger partial charge in [0.2, 0.25) is 5.72 Å². The maximum absolute atomic E-state index is 12.0. The van der Waals surface area contributed by atoms with Crippen LogP contribution in [0, 0.1) is 0 Å². The number of carboxylic acid groups (broad SMARTS) is 1. The summed E-state index contributed by atoms with van der Waals surface area (Å²) in [6.07, 6.45) is -1.98. The maximum Gasteiger partial charge on any atom is 0.354 e. The summed E-state index contributed by atoms with van der Waals surface area (Å²) in [7, 11) is 0. The Labute approximate surface area is 51.1 Å². The van der Waals surface area contributed by atoms with Gasteiger partial charge in [-0.25, -0.2) is 9.18 Å². The molecule has 0 rings (SSSR count). The van der Waals surface area contributed by atoms with Gasteiger partial charge in [-0.1, -0.05) is 0 Å². The molecule has 4 nitrogen and oxygen atoms in total. The minimum Gasteiger partial charge on any atom is -0.478 e. The molecule has 0 aliphatic rings. The van der Waals surface area contributed by atoms with Crippen LogP contribution in [0.5, 0.6) is 0 Å². The standard InChI is InChI=1S/C4H8FNO3/c1-2(5)4(6,9)3(7)8/h2,9H,6H2,1H3,(H,7,8). The van der Waals surface area contributed by atoms with Crippen molar-refractivity contribution in [1.29, 1.82) is 0 Å². The zero-order valence-electron chi connectivity index (χ0n) is 4.84. The van der Waals surface area contributed by atoms with Crippen molar-refractivity contribution in [3.63, 3.8) is 0 Å². The molecule has 2 atom stereocenters. The van der Waals surface area contributed by atoms with Gasteiger partial charge in [0.15, 0.2) is 6.17 Å². The number of rotatable bonds is 2. The summed E-state index contributed by atoms with van der Waals surface area (Å²) in [5.74, 6) is -1.77. The number of aliphatic hydroxyl groups is 1. The van der Waals surface area contributed by atoms with Crippen LogP contribution in [0.15, 0.2) is 0 Å². The molecule has 2 unspecified atom stereocenters. The van der Waals surface area contributed by atoms with Gasteiger partial charge in [0.1, 0.15) is 0 Å². The summed E-state index contributed by atoms with van der Waals surface area (Å²) in [5, 5.41) is 16.5. The molecule has 0 aromatic carbocycles. The maximum atomic E-state index is 12.0. The zero-order valence-corrected chi connectivity index (χ0v) is 4.84. The van der Waals surface area contributed by atoms with Crippen molar-refractivity contribution in [2.24, 2.45) is 5.73 Å². The van der Waals surface area contributed by atoms with Gasteiger partial charge >= 0.3 is 5.97 Å². The number of carbonyl (C=O) groups is 1. The number of halogens is 1. The minimum atomic E-state index is -2.75. The van der Waals surface area contributed by atoms with Crippen LogP contribution in [-0.4, -0.2) is 28.1 Å². The Hall–Kier alpha value is -0.680. The smallest absolute Gasteiger partial charge is 0.354 e. The summed E-state index contributed by atoms with van der Waals surface area (Å²) in [6, 6.07) is 0. The lowest BCUT2D eigenvalue weighted by atomic mass is 10.1. The van der Waals surface area contributed by atoms with Gasteiger partial charge < -0.3 is 10.2 Å². The number of nitrogens with two attached hydrogens (primary N) is 1. The predicted octanol–water partition coefficient (Wildman–Crippen LogP) is -0.924. The van der Waals surface area contributed by atoms with Crippen LogP contribution in [0.1, 0.15) is 6.92 Å². The van der Waals surface area contributed by atoms with Crippen molar-refractivity contribution >= 4 is 5.97 Å². The first-order valence-corrected chi connectivity index (χ1v) is 2.27. The van der Waals surface area contributed by atoms with E-state index < -0.39 is 17.9 Å². The third kappa shape index (κ3) is 1.62. The van der Waals surface area contributed by atoms with E-state index in [0.29, 0.717) is 0 Å². The Morgan fingerprint density at radius 2 is 2.22 bits per heavy atom. The molecule has 0 aromatic rings. The Morgan fingerprint density at radius 1 is 1.89 bits per heavy atom. The van der Waals surface area contributed by atoms with Crippen LogP contribution in [0.2, 0.25) is 0 Å². The average Bonchev–Trinajstić information content (AvgIpc) is 1.65. The lowest BCUT2D eigenvalue weighted by Gasteiger charge is -2.18. The molecule has 0 spiro atoms. The van der Waals surface area contributed by atoms with Crippen LogP contribution in [0.25, 0.3) is 0 Å². The first-order valence-electron chi connectivity index (χ1n) is 2.27. The fourth-order valence-corrected chi connectivity index (χ4v) is 0.170. The molecule has 0 fully saturated rings. The number of alkyl halides is 1. The SMILES string of the molecule is CC(F)C(N)(O)C(=O)O. The molecule has 5 heteroatoms. The van der Waals surface area contributed by atoms with E-state index in [1.807, 2.05) is 0 Å². The van der Waals surface area contributed by atoms with Crippen molar-refractivity contribution in [3.05, 3.63) is 0 Å². The predicted molar refractivity (Wildman–Crippen MR) is 27.3 cm³/mol. The lowest BCUT2D eigenvalue weighted by molar-refractivity contribution is -0.164. The topological polar surface area (TPSA) is 83.5 Å². The van der Waals surface area contributed by atoms with Crippen molar-refractivity contribution in [2.45, 2.75) is 18.8 Å². The number of carboxylic acids is 1. The van der Waals surface area contributed by atoms with E-state index in [4.69, 9.17) is 10.2 Å². The van der Waals surface area contributed by atoms with Crippen LogP contribution in [-0.2, 0) is 4.79 Å². The normalized spacial score (nSPS) is 20.4. The molecule has 9 heavy (non-hydrogen) atoms. The van der Waals surface area contributed by atoms with Crippen molar-refractivity contribution < 1.29 is 19.4 Å². The molecule has 0 saturated heterocycles. The van der Waals surface area contributed by atoms with E-state index in [1.165, 1.54) is 0 Å². The molecule has 0 aromatic heterocycles. The molecule has 0 saturated carbocycles. The molecular weight excluding hydrogens is 129 g/mol. The van der Waals surface area contributed by atoms with Crippen LogP contribution in [0.3, 0.4) is 0 Å². The van der Waals surface area contributed by atoms with E-state index in [9.17, 15) is 9.18 Å². The molecule has 0 amide bonds. The highest BCUT2D eigenvalue weighted by Crippen LogP contribution is 2.05. The number of hydrogen-bond donors (Lipinski definition) is 3. The molecule has 54 valence electrons. The van der Waals surface area contributed by atoms with Gasteiger partial charge in [-0.05, 0) is 6.92 Å². The lowest BCUT2D eigenvalue weighted by Crippen LogP contribution is -2.54. The second-order valence-electron chi connectivity index (χ2n) is 1.75. The minimum absolute atomic E-state index is 0.869. The summed E-state index contributed by atoms with van der Waals surface area (Å²) >= 11 is 0. The Bertz CT molecular complexity index is 123. The summed E-state index contributed by atoms with van der Waals surface area (Å²) in [6.45, 7) is 0.869. The van der Waals surface area contributed by atoms with E-state index in [-0.39, 0.29) is 0 Å². The fourth-order valence-electron chi connectivity index (χ4n) is 0.170. The second kappa shape index (κ2) is 2.28. The zero-order chi connectivity index (χ0) is 7.65. The van der Waals surface area contributed by atoms with Gasteiger partial charge in [0, 0.05) is 0 Å².